The van der Waals surface area contributed by atoms with Crippen molar-refractivity contribution in [2.75, 3.05) is 40.0 Å². The summed E-state index contributed by atoms with van der Waals surface area (Å²) >= 11 is 0. The Hall–Kier alpha value is -1.40. The van der Waals surface area contributed by atoms with Crippen molar-refractivity contribution in [2.45, 2.75) is 33.2 Å². The van der Waals surface area contributed by atoms with Gasteiger partial charge in [-0.2, -0.15) is 0 Å². The second-order valence-corrected chi connectivity index (χ2v) is 5.95. The van der Waals surface area contributed by atoms with Crippen LogP contribution in [-0.2, 0) is 20.8 Å². The van der Waals surface area contributed by atoms with Gasteiger partial charge in [0.1, 0.15) is 12.4 Å². The highest BCUT2D eigenvalue weighted by molar-refractivity contribution is 5.77. The number of hydrogen-bond acceptors (Lipinski definition) is 4. The van der Waals surface area contributed by atoms with E-state index in [9.17, 15) is 4.79 Å². The number of rotatable bonds is 7. The average molecular weight is 309 g/mol. The number of carbonyl (C=O) groups is 1. The number of likely N-dealkylation sites (tertiary alicyclic amines) is 1. The Bertz CT molecular complexity index is 467. The molecule has 1 fully saturated rings. The van der Waals surface area contributed by atoms with E-state index in [0.29, 0.717) is 19.1 Å². The first kappa shape index (κ1) is 17.0. The van der Waals surface area contributed by atoms with E-state index in [1.54, 1.807) is 7.11 Å². The molecule has 0 spiro atoms. The van der Waals surface area contributed by atoms with Crippen LogP contribution in [0.4, 0.5) is 0 Å². The van der Waals surface area contributed by atoms with Gasteiger partial charge >= 0.3 is 0 Å². The number of hydrogen-bond donors (Lipinski definition) is 0. The molecule has 1 aliphatic heterocycles. The summed E-state index contributed by atoms with van der Waals surface area (Å²) in [6, 6.07) is 0. The molecule has 2 heterocycles. The van der Waals surface area contributed by atoms with Crippen LogP contribution in [0, 0.1) is 19.8 Å². The summed E-state index contributed by atoms with van der Waals surface area (Å²) in [6.45, 7) is 7.83. The molecule has 124 valence electrons. The summed E-state index contributed by atoms with van der Waals surface area (Å²) in [5.74, 6) is 1.62. The van der Waals surface area contributed by atoms with Crippen molar-refractivity contribution in [1.82, 2.24) is 14.5 Å². The zero-order valence-corrected chi connectivity index (χ0v) is 13.9. The van der Waals surface area contributed by atoms with Crippen molar-refractivity contribution in [3.05, 3.63) is 17.7 Å². The van der Waals surface area contributed by atoms with Gasteiger partial charge in [0.2, 0.25) is 5.91 Å². The normalized spacial score (nSPS) is 18.7. The van der Waals surface area contributed by atoms with Gasteiger partial charge in [0, 0.05) is 38.6 Å². The number of methoxy groups -OCH3 is 1. The van der Waals surface area contributed by atoms with Crippen molar-refractivity contribution in [3.63, 3.8) is 0 Å². The first-order chi connectivity index (χ1) is 10.6. The third kappa shape index (κ3) is 4.55. The molecule has 1 atom stereocenters. The Morgan fingerprint density at radius 1 is 1.41 bits per heavy atom. The van der Waals surface area contributed by atoms with Gasteiger partial charge in [-0.15, -0.1) is 0 Å². The van der Waals surface area contributed by atoms with Crippen LogP contribution in [0.1, 0.15) is 24.4 Å². The molecule has 0 aliphatic carbocycles. The fraction of sp³-hybridized carbons (Fsp3) is 0.750. The number of carbonyl (C=O) groups excluding carboxylic acids is 1. The van der Waals surface area contributed by atoms with Crippen molar-refractivity contribution in [3.8, 4) is 0 Å². The largest absolute Gasteiger partial charge is 0.382 e. The number of aryl methyl sites for hydroxylation is 2. The van der Waals surface area contributed by atoms with Crippen LogP contribution in [0.5, 0.6) is 0 Å². The number of ether oxygens (including phenoxy) is 2. The first-order valence-corrected chi connectivity index (χ1v) is 7.95. The van der Waals surface area contributed by atoms with Crippen molar-refractivity contribution < 1.29 is 14.3 Å². The van der Waals surface area contributed by atoms with Gasteiger partial charge in [-0.25, -0.2) is 4.98 Å². The predicted octanol–water partition coefficient (Wildman–Crippen LogP) is 1.40. The van der Waals surface area contributed by atoms with Crippen LogP contribution < -0.4 is 0 Å². The molecule has 6 nitrogen and oxygen atoms in total. The summed E-state index contributed by atoms with van der Waals surface area (Å²) in [7, 11) is 1.63. The summed E-state index contributed by atoms with van der Waals surface area (Å²) in [5.41, 5.74) is 1.18. The highest BCUT2D eigenvalue weighted by Gasteiger charge is 2.24. The summed E-state index contributed by atoms with van der Waals surface area (Å²) in [5, 5.41) is 0. The minimum atomic E-state index is 0.0832. The topological polar surface area (TPSA) is 56.6 Å². The lowest BCUT2D eigenvalue weighted by Crippen LogP contribution is -2.43. The molecule has 0 bridgehead atoms. The van der Waals surface area contributed by atoms with E-state index in [0.717, 1.165) is 38.3 Å². The van der Waals surface area contributed by atoms with E-state index in [1.165, 1.54) is 5.69 Å². The third-order valence-corrected chi connectivity index (χ3v) is 4.22. The van der Waals surface area contributed by atoms with Crippen LogP contribution in [0.15, 0.2) is 6.20 Å². The molecule has 1 unspecified atom stereocenters. The maximum Gasteiger partial charge on any atom is 0.248 e. The van der Waals surface area contributed by atoms with Gasteiger partial charge in [-0.3, -0.25) is 4.79 Å². The molecular weight excluding hydrogens is 282 g/mol. The number of aromatic nitrogens is 2. The van der Waals surface area contributed by atoms with E-state index in [2.05, 4.69) is 16.5 Å². The second-order valence-electron chi connectivity index (χ2n) is 5.95. The Labute approximate surface area is 132 Å². The SMILES string of the molecule is COCCOCC(=O)N1CCCC(Cn2c(C)cnc2C)C1. The fourth-order valence-electron chi connectivity index (χ4n) is 2.95. The smallest absolute Gasteiger partial charge is 0.248 e. The molecule has 1 saturated heterocycles. The molecule has 6 heteroatoms. The predicted molar refractivity (Wildman–Crippen MR) is 83.7 cm³/mol. The second kappa shape index (κ2) is 8.29. The zero-order chi connectivity index (χ0) is 15.9. The van der Waals surface area contributed by atoms with E-state index in [-0.39, 0.29) is 12.5 Å². The minimum Gasteiger partial charge on any atom is -0.382 e. The number of amides is 1. The van der Waals surface area contributed by atoms with Crippen LogP contribution >= 0.6 is 0 Å². The first-order valence-electron chi connectivity index (χ1n) is 7.95. The Balaban J connectivity index is 1.82. The molecule has 0 N–H and O–H groups in total. The summed E-state index contributed by atoms with van der Waals surface area (Å²) < 4.78 is 12.5. The minimum absolute atomic E-state index is 0.0832. The Morgan fingerprint density at radius 2 is 2.23 bits per heavy atom. The molecule has 1 aromatic rings. The summed E-state index contributed by atoms with van der Waals surface area (Å²) in [4.78, 5) is 18.5. The zero-order valence-electron chi connectivity index (χ0n) is 13.9. The standard InChI is InChI=1S/C16H27N3O3/c1-13-9-17-14(2)19(13)11-15-5-4-6-18(10-15)16(20)12-22-8-7-21-3/h9,15H,4-8,10-12H2,1-3H3. The molecule has 0 saturated carbocycles. The molecule has 22 heavy (non-hydrogen) atoms. The molecule has 1 amide bonds. The van der Waals surface area contributed by atoms with Gasteiger partial charge in [0.15, 0.2) is 0 Å². The van der Waals surface area contributed by atoms with Gasteiger partial charge in [0.05, 0.1) is 13.2 Å². The average Bonchev–Trinajstić information content (AvgIpc) is 2.83. The molecule has 0 aromatic carbocycles. The van der Waals surface area contributed by atoms with Crippen LogP contribution in [0.2, 0.25) is 0 Å². The molecule has 2 rings (SSSR count). The van der Waals surface area contributed by atoms with Gasteiger partial charge < -0.3 is 18.9 Å². The van der Waals surface area contributed by atoms with E-state index < -0.39 is 0 Å². The number of nitrogens with zero attached hydrogens (tertiary/aromatic N) is 3. The van der Waals surface area contributed by atoms with E-state index >= 15 is 0 Å². The fourth-order valence-corrected chi connectivity index (χ4v) is 2.95. The summed E-state index contributed by atoms with van der Waals surface area (Å²) in [6.07, 6.45) is 4.12. The van der Waals surface area contributed by atoms with E-state index in [4.69, 9.17) is 9.47 Å². The third-order valence-electron chi connectivity index (χ3n) is 4.22. The van der Waals surface area contributed by atoms with Gasteiger partial charge in [-0.05, 0) is 32.6 Å². The quantitative estimate of drug-likeness (QED) is 0.715. The maximum atomic E-state index is 12.2. The molecule has 1 aromatic heterocycles. The molecule has 1 aliphatic rings. The maximum absolute atomic E-state index is 12.2. The van der Waals surface area contributed by atoms with Crippen LogP contribution in [0.25, 0.3) is 0 Å². The lowest BCUT2D eigenvalue weighted by Gasteiger charge is -2.33. The number of imidazole rings is 1. The van der Waals surface area contributed by atoms with Gasteiger partial charge in [0.25, 0.3) is 0 Å². The lowest BCUT2D eigenvalue weighted by molar-refractivity contribution is -0.138. The highest BCUT2D eigenvalue weighted by Crippen LogP contribution is 2.20. The van der Waals surface area contributed by atoms with Crippen LogP contribution in [-0.4, -0.2) is 60.4 Å². The monoisotopic (exact) mass is 309 g/mol. The van der Waals surface area contributed by atoms with Crippen molar-refractivity contribution >= 4 is 5.91 Å². The van der Waals surface area contributed by atoms with E-state index in [1.807, 2.05) is 18.0 Å². The lowest BCUT2D eigenvalue weighted by atomic mass is 9.97. The molecule has 0 radical (unpaired) electrons. The highest BCUT2D eigenvalue weighted by atomic mass is 16.5. The Morgan fingerprint density at radius 3 is 2.91 bits per heavy atom. The Kier molecular flexibility index (Phi) is 6.39. The van der Waals surface area contributed by atoms with Crippen LogP contribution in [0.3, 0.4) is 0 Å². The van der Waals surface area contributed by atoms with Gasteiger partial charge in [-0.1, -0.05) is 0 Å². The molecular formula is C16H27N3O3. The van der Waals surface area contributed by atoms with Crippen molar-refractivity contribution in [2.24, 2.45) is 5.92 Å². The van der Waals surface area contributed by atoms with Crippen molar-refractivity contribution in [1.29, 1.82) is 0 Å². The number of piperidine rings is 1.